The lowest BCUT2D eigenvalue weighted by Crippen LogP contribution is -1.98. The third kappa shape index (κ3) is 2.01. The predicted molar refractivity (Wildman–Crippen MR) is 64.7 cm³/mol. The van der Waals surface area contributed by atoms with Crippen molar-refractivity contribution in [1.29, 1.82) is 0 Å². The summed E-state index contributed by atoms with van der Waals surface area (Å²) in [5.74, 6) is 0.628. The van der Waals surface area contributed by atoms with Gasteiger partial charge in [-0.15, -0.1) is 0 Å². The average molecular weight is 216 g/mol. The van der Waals surface area contributed by atoms with Gasteiger partial charge in [0.15, 0.2) is 0 Å². The van der Waals surface area contributed by atoms with Crippen molar-refractivity contribution in [3.05, 3.63) is 35.6 Å². The highest BCUT2D eigenvalue weighted by molar-refractivity contribution is 5.87. The van der Waals surface area contributed by atoms with E-state index >= 15 is 0 Å². The molecule has 1 aromatic heterocycles. The maximum absolute atomic E-state index is 11.2. The zero-order valence-electron chi connectivity index (χ0n) is 9.91. The fraction of sp³-hybridized carbons (Fsp3) is 0.357. The molecule has 0 saturated carbocycles. The highest BCUT2D eigenvalue weighted by atomic mass is 16.3. The number of ketones is 1. The van der Waals surface area contributed by atoms with E-state index < -0.39 is 0 Å². The fourth-order valence-corrected chi connectivity index (χ4v) is 1.91. The molecule has 0 bridgehead atoms. The molecule has 2 aromatic rings. The summed E-state index contributed by atoms with van der Waals surface area (Å²) in [5.41, 5.74) is 3.10. The van der Waals surface area contributed by atoms with Gasteiger partial charge in [0.05, 0.1) is 6.26 Å². The SMILES string of the molecule is CC(=O)Cc1cc(C(C)C)cc2ccoc12. The van der Waals surface area contributed by atoms with Crippen LogP contribution in [0.3, 0.4) is 0 Å². The minimum Gasteiger partial charge on any atom is -0.464 e. The molecular formula is C14H16O2. The summed E-state index contributed by atoms with van der Waals surface area (Å²) in [6.45, 7) is 5.91. The molecule has 84 valence electrons. The summed E-state index contributed by atoms with van der Waals surface area (Å²) in [6.07, 6.45) is 2.13. The molecule has 0 atom stereocenters. The number of hydrogen-bond donors (Lipinski definition) is 0. The first-order valence-corrected chi connectivity index (χ1v) is 5.57. The minimum atomic E-state index is 0.165. The molecule has 0 aliphatic heterocycles. The molecule has 0 unspecified atom stereocenters. The van der Waals surface area contributed by atoms with Gasteiger partial charge in [0, 0.05) is 17.4 Å². The van der Waals surface area contributed by atoms with Crippen LogP contribution in [0.5, 0.6) is 0 Å². The van der Waals surface area contributed by atoms with E-state index in [-0.39, 0.29) is 5.78 Å². The van der Waals surface area contributed by atoms with Crippen molar-refractivity contribution in [3.8, 4) is 0 Å². The number of fused-ring (bicyclic) bond motifs is 1. The number of furan rings is 1. The minimum absolute atomic E-state index is 0.165. The van der Waals surface area contributed by atoms with E-state index in [1.54, 1.807) is 13.2 Å². The molecular weight excluding hydrogens is 200 g/mol. The summed E-state index contributed by atoms with van der Waals surface area (Å²) >= 11 is 0. The predicted octanol–water partition coefficient (Wildman–Crippen LogP) is 3.69. The van der Waals surface area contributed by atoms with Gasteiger partial charge in [0.2, 0.25) is 0 Å². The van der Waals surface area contributed by atoms with Gasteiger partial charge in [-0.1, -0.05) is 19.9 Å². The Morgan fingerprint density at radius 1 is 1.38 bits per heavy atom. The second-order valence-corrected chi connectivity index (χ2v) is 4.55. The zero-order chi connectivity index (χ0) is 11.7. The first-order chi connectivity index (χ1) is 7.58. The van der Waals surface area contributed by atoms with Crippen LogP contribution in [0.25, 0.3) is 11.0 Å². The van der Waals surface area contributed by atoms with Gasteiger partial charge in [-0.3, -0.25) is 4.79 Å². The van der Waals surface area contributed by atoms with Crippen molar-refractivity contribution in [2.24, 2.45) is 0 Å². The Balaban J connectivity index is 2.58. The highest BCUT2D eigenvalue weighted by Crippen LogP contribution is 2.26. The molecule has 0 radical (unpaired) electrons. The largest absolute Gasteiger partial charge is 0.464 e. The molecule has 0 amide bonds. The lowest BCUT2D eigenvalue weighted by atomic mass is 9.97. The number of hydrogen-bond acceptors (Lipinski definition) is 2. The van der Waals surface area contributed by atoms with Gasteiger partial charge < -0.3 is 4.42 Å². The molecule has 0 aliphatic carbocycles. The molecule has 2 rings (SSSR count). The Kier molecular flexibility index (Phi) is 2.82. The number of carbonyl (C=O) groups is 1. The van der Waals surface area contributed by atoms with E-state index in [4.69, 9.17) is 4.42 Å². The van der Waals surface area contributed by atoms with Gasteiger partial charge in [-0.25, -0.2) is 0 Å². The standard InChI is InChI=1S/C14H16O2/c1-9(2)12-7-11-4-5-16-14(11)13(8-12)6-10(3)15/h4-5,7-9H,6H2,1-3H3. The van der Waals surface area contributed by atoms with Gasteiger partial charge in [0.1, 0.15) is 11.4 Å². The topological polar surface area (TPSA) is 30.2 Å². The Morgan fingerprint density at radius 3 is 2.75 bits per heavy atom. The lowest BCUT2D eigenvalue weighted by molar-refractivity contribution is -0.116. The van der Waals surface area contributed by atoms with Crippen molar-refractivity contribution in [1.82, 2.24) is 0 Å². The molecule has 0 aliphatic rings. The maximum atomic E-state index is 11.2. The normalized spacial score (nSPS) is 11.2. The van der Waals surface area contributed by atoms with Crippen molar-refractivity contribution in [2.75, 3.05) is 0 Å². The van der Waals surface area contributed by atoms with Gasteiger partial charge in [-0.05, 0) is 30.5 Å². The molecule has 0 saturated heterocycles. The van der Waals surface area contributed by atoms with E-state index in [9.17, 15) is 4.79 Å². The molecule has 0 N–H and O–H groups in total. The van der Waals surface area contributed by atoms with Crippen LogP contribution in [0, 0.1) is 0 Å². The molecule has 2 heteroatoms. The van der Waals surface area contributed by atoms with E-state index in [2.05, 4.69) is 26.0 Å². The number of rotatable bonds is 3. The van der Waals surface area contributed by atoms with Gasteiger partial charge >= 0.3 is 0 Å². The smallest absolute Gasteiger partial charge is 0.137 e. The van der Waals surface area contributed by atoms with Crippen LogP contribution in [-0.4, -0.2) is 5.78 Å². The Morgan fingerprint density at radius 2 is 2.12 bits per heavy atom. The van der Waals surface area contributed by atoms with Crippen LogP contribution in [0.4, 0.5) is 0 Å². The summed E-state index contributed by atoms with van der Waals surface area (Å²) in [7, 11) is 0. The summed E-state index contributed by atoms with van der Waals surface area (Å²) in [5, 5.41) is 1.09. The number of Topliss-reactive ketones (excluding diaryl/α,β-unsaturated/α-hetero) is 1. The van der Waals surface area contributed by atoms with Crippen LogP contribution in [-0.2, 0) is 11.2 Å². The summed E-state index contributed by atoms with van der Waals surface area (Å²) in [4.78, 5) is 11.2. The highest BCUT2D eigenvalue weighted by Gasteiger charge is 2.10. The first-order valence-electron chi connectivity index (χ1n) is 5.57. The number of carbonyl (C=O) groups excluding carboxylic acids is 1. The lowest BCUT2D eigenvalue weighted by Gasteiger charge is -2.08. The second kappa shape index (κ2) is 4.12. The molecule has 0 fully saturated rings. The van der Waals surface area contributed by atoms with Crippen LogP contribution in [0.1, 0.15) is 37.8 Å². The van der Waals surface area contributed by atoms with Crippen molar-refractivity contribution >= 4 is 16.8 Å². The average Bonchev–Trinajstić information content (AvgIpc) is 2.64. The first kappa shape index (κ1) is 10.9. The molecule has 0 spiro atoms. The van der Waals surface area contributed by atoms with E-state index in [1.807, 2.05) is 6.07 Å². The van der Waals surface area contributed by atoms with Crippen LogP contribution in [0.15, 0.2) is 28.9 Å². The third-order valence-electron chi connectivity index (χ3n) is 2.76. The molecule has 1 aromatic carbocycles. The van der Waals surface area contributed by atoms with E-state index in [1.165, 1.54) is 5.56 Å². The second-order valence-electron chi connectivity index (χ2n) is 4.55. The van der Waals surface area contributed by atoms with E-state index in [0.29, 0.717) is 12.3 Å². The Bertz CT molecular complexity index is 521. The Labute approximate surface area is 95.3 Å². The quantitative estimate of drug-likeness (QED) is 0.783. The van der Waals surface area contributed by atoms with Crippen LogP contribution in [0.2, 0.25) is 0 Å². The third-order valence-corrected chi connectivity index (χ3v) is 2.76. The molecule has 16 heavy (non-hydrogen) atoms. The van der Waals surface area contributed by atoms with Crippen LogP contribution >= 0.6 is 0 Å². The molecule has 2 nitrogen and oxygen atoms in total. The van der Waals surface area contributed by atoms with Crippen LogP contribution < -0.4 is 0 Å². The van der Waals surface area contributed by atoms with Crippen molar-refractivity contribution in [2.45, 2.75) is 33.1 Å². The zero-order valence-corrected chi connectivity index (χ0v) is 9.91. The Hall–Kier alpha value is -1.57. The number of benzene rings is 1. The fourth-order valence-electron chi connectivity index (χ4n) is 1.91. The summed E-state index contributed by atoms with van der Waals surface area (Å²) in [6, 6.07) is 6.16. The van der Waals surface area contributed by atoms with Gasteiger partial charge in [0.25, 0.3) is 0 Å². The monoisotopic (exact) mass is 216 g/mol. The van der Waals surface area contributed by atoms with E-state index in [0.717, 1.165) is 16.5 Å². The summed E-state index contributed by atoms with van der Waals surface area (Å²) < 4.78 is 5.43. The van der Waals surface area contributed by atoms with Crippen molar-refractivity contribution in [3.63, 3.8) is 0 Å². The van der Waals surface area contributed by atoms with Gasteiger partial charge in [-0.2, -0.15) is 0 Å². The maximum Gasteiger partial charge on any atom is 0.137 e. The van der Waals surface area contributed by atoms with Crippen molar-refractivity contribution < 1.29 is 9.21 Å². The molecule has 1 heterocycles.